The number of amides is 1. The molecule has 1 saturated heterocycles. The van der Waals surface area contributed by atoms with Crippen molar-refractivity contribution in [3.05, 3.63) is 35.9 Å². The van der Waals surface area contributed by atoms with Crippen molar-refractivity contribution in [2.75, 3.05) is 33.4 Å². The van der Waals surface area contributed by atoms with E-state index in [0.29, 0.717) is 12.5 Å². The Hall–Kier alpha value is -1.39. The van der Waals surface area contributed by atoms with Crippen molar-refractivity contribution < 1.29 is 9.53 Å². The predicted molar refractivity (Wildman–Crippen MR) is 83.9 cm³/mol. The summed E-state index contributed by atoms with van der Waals surface area (Å²) in [6, 6.07) is 10.2. The highest BCUT2D eigenvalue weighted by Crippen LogP contribution is 2.15. The molecule has 1 aromatic carbocycles. The molecule has 1 amide bonds. The van der Waals surface area contributed by atoms with Crippen molar-refractivity contribution in [1.82, 2.24) is 10.2 Å². The van der Waals surface area contributed by atoms with Gasteiger partial charge in [0.05, 0.1) is 5.92 Å². The number of nitrogens with one attached hydrogen (secondary N) is 1. The van der Waals surface area contributed by atoms with Crippen LogP contribution in [-0.2, 0) is 16.1 Å². The Bertz CT molecular complexity index is 416. The number of rotatable bonds is 8. The van der Waals surface area contributed by atoms with Crippen molar-refractivity contribution in [1.29, 1.82) is 0 Å². The number of benzene rings is 1. The average molecular weight is 290 g/mol. The molecule has 1 fully saturated rings. The number of carbonyl (C=O) groups excluding carboxylic acids is 1. The van der Waals surface area contributed by atoms with Crippen LogP contribution in [0.3, 0.4) is 0 Å². The van der Waals surface area contributed by atoms with Gasteiger partial charge in [0.25, 0.3) is 0 Å². The van der Waals surface area contributed by atoms with Crippen molar-refractivity contribution in [3.8, 4) is 0 Å². The van der Waals surface area contributed by atoms with Gasteiger partial charge in [-0.2, -0.15) is 0 Å². The number of unbranched alkanes of at least 4 members (excludes halogenated alkanes) is 1. The monoisotopic (exact) mass is 290 g/mol. The number of nitrogens with zero attached hydrogens (tertiary/aromatic N) is 1. The van der Waals surface area contributed by atoms with Crippen LogP contribution >= 0.6 is 0 Å². The zero-order valence-corrected chi connectivity index (χ0v) is 12.9. The van der Waals surface area contributed by atoms with E-state index in [1.807, 2.05) is 23.1 Å². The normalized spacial score (nSPS) is 17.9. The molecule has 0 bridgehead atoms. The van der Waals surface area contributed by atoms with Crippen LogP contribution in [0.1, 0.15) is 24.8 Å². The topological polar surface area (TPSA) is 41.6 Å². The molecule has 4 nitrogen and oxygen atoms in total. The molecule has 1 unspecified atom stereocenters. The molecule has 1 aliphatic heterocycles. The van der Waals surface area contributed by atoms with E-state index in [4.69, 9.17) is 4.74 Å². The Morgan fingerprint density at radius 1 is 1.33 bits per heavy atom. The molecule has 1 aromatic rings. The second kappa shape index (κ2) is 8.80. The smallest absolute Gasteiger partial charge is 0.227 e. The van der Waals surface area contributed by atoms with Crippen LogP contribution in [0.2, 0.25) is 0 Å². The van der Waals surface area contributed by atoms with Gasteiger partial charge in [-0.15, -0.1) is 0 Å². The summed E-state index contributed by atoms with van der Waals surface area (Å²) in [7, 11) is 1.72. The summed E-state index contributed by atoms with van der Waals surface area (Å²) >= 11 is 0. The van der Waals surface area contributed by atoms with Crippen LogP contribution in [0.15, 0.2) is 30.3 Å². The first-order chi connectivity index (χ1) is 10.3. The van der Waals surface area contributed by atoms with E-state index in [9.17, 15) is 4.79 Å². The Morgan fingerprint density at radius 2 is 2.14 bits per heavy atom. The zero-order chi connectivity index (χ0) is 14.9. The van der Waals surface area contributed by atoms with E-state index in [2.05, 4.69) is 17.4 Å². The summed E-state index contributed by atoms with van der Waals surface area (Å²) in [5.74, 6) is 0.442. The fraction of sp³-hybridized carbons (Fsp3) is 0.588. The standard InChI is InChI=1S/C17H26N2O2/c1-21-12-6-5-11-19(14-15-7-3-2-4-8-15)17(20)16-9-10-18-13-16/h2-4,7-8,16,18H,5-6,9-14H2,1H3. The minimum atomic E-state index is 0.149. The SMILES string of the molecule is COCCCCN(Cc1ccccc1)C(=O)C1CCNC1. The van der Waals surface area contributed by atoms with Gasteiger partial charge < -0.3 is 15.0 Å². The lowest BCUT2D eigenvalue weighted by Gasteiger charge is -2.25. The van der Waals surface area contributed by atoms with Gasteiger partial charge in [-0.1, -0.05) is 30.3 Å². The molecule has 4 heteroatoms. The van der Waals surface area contributed by atoms with Crippen molar-refractivity contribution in [3.63, 3.8) is 0 Å². The molecule has 21 heavy (non-hydrogen) atoms. The lowest BCUT2D eigenvalue weighted by atomic mass is 10.1. The number of hydrogen-bond donors (Lipinski definition) is 1. The average Bonchev–Trinajstić information content (AvgIpc) is 3.05. The van der Waals surface area contributed by atoms with Crippen molar-refractivity contribution in [2.45, 2.75) is 25.8 Å². The number of ether oxygens (including phenoxy) is 1. The summed E-state index contributed by atoms with van der Waals surface area (Å²) < 4.78 is 5.09. The third-order valence-corrected chi connectivity index (χ3v) is 3.96. The van der Waals surface area contributed by atoms with Crippen LogP contribution in [0.25, 0.3) is 0 Å². The minimum absolute atomic E-state index is 0.149. The van der Waals surface area contributed by atoms with Gasteiger partial charge in [0.15, 0.2) is 0 Å². The molecule has 0 aliphatic carbocycles. The molecule has 1 heterocycles. The van der Waals surface area contributed by atoms with Crippen molar-refractivity contribution in [2.24, 2.45) is 5.92 Å². The fourth-order valence-corrected chi connectivity index (χ4v) is 2.74. The third-order valence-electron chi connectivity index (χ3n) is 3.96. The first kappa shape index (κ1) is 16.0. The van der Waals surface area contributed by atoms with E-state index in [1.54, 1.807) is 7.11 Å². The minimum Gasteiger partial charge on any atom is -0.385 e. The van der Waals surface area contributed by atoms with Gasteiger partial charge in [0.2, 0.25) is 5.91 Å². The van der Waals surface area contributed by atoms with Gasteiger partial charge in [-0.25, -0.2) is 0 Å². The Labute approximate surface area is 127 Å². The molecule has 116 valence electrons. The lowest BCUT2D eigenvalue weighted by Crippen LogP contribution is -2.37. The maximum Gasteiger partial charge on any atom is 0.227 e. The summed E-state index contributed by atoms with van der Waals surface area (Å²) in [5.41, 5.74) is 1.20. The molecule has 0 spiro atoms. The van der Waals surface area contributed by atoms with E-state index in [1.165, 1.54) is 5.56 Å². The summed E-state index contributed by atoms with van der Waals surface area (Å²) in [6.45, 7) is 4.07. The number of carbonyl (C=O) groups is 1. The lowest BCUT2D eigenvalue weighted by molar-refractivity contribution is -0.135. The highest BCUT2D eigenvalue weighted by molar-refractivity contribution is 5.79. The predicted octanol–water partition coefficient (Wildman–Crippen LogP) is 2.05. The van der Waals surface area contributed by atoms with Crippen LogP contribution in [0.5, 0.6) is 0 Å². The van der Waals surface area contributed by atoms with E-state index < -0.39 is 0 Å². The molecule has 0 saturated carbocycles. The maximum atomic E-state index is 12.7. The van der Waals surface area contributed by atoms with E-state index in [-0.39, 0.29) is 5.92 Å². The Kier molecular flexibility index (Phi) is 6.70. The molecular weight excluding hydrogens is 264 g/mol. The van der Waals surface area contributed by atoms with Crippen LogP contribution in [0, 0.1) is 5.92 Å². The zero-order valence-electron chi connectivity index (χ0n) is 12.9. The Morgan fingerprint density at radius 3 is 2.81 bits per heavy atom. The summed E-state index contributed by atoms with van der Waals surface area (Å²) in [4.78, 5) is 14.7. The van der Waals surface area contributed by atoms with Crippen LogP contribution in [0.4, 0.5) is 0 Å². The second-order valence-electron chi connectivity index (χ2n) is 5.64. The van der Waals surface area contributed by atoms with E-state index in [0.717, 1.165) is 45.5 Å². The van der Waals surface area contributed by atoms with E-state index >= 15 is 0 Å². The first-order valence-corrected chi connectivity index (χ1v) is 7.83. The molecule has 1 aliphatic rings. The second-order valence-corrected chi connectivity index (χ2v) is 5.64. The van der Waals surface area contributed by atoms with Crippen molar-refractivity contribution >= 4 is 5.91 Å². The molecule has 0 aromatic heterocycles. The first-order valence-electron chi connectivity index (χ1n) is 7.83. The van der Waals surface area contributed by atoms with Gasteiger partial charge in [0.1, 0.15) is 0 Å². The number of methoxy groups -OCH3 is 1. The maximum absolute atomic E-state index is 12.7. The van der Waals surface area contributed by atoms with Crippen LogP contribution in [-0.4, -0.2) is 44.2 Å². The largest absolute Gasteiger partial charge is 0.385 e. The van der Waals surface area contributed by atoms with Gasteiger partial charge >= 0.3 is 0 Å². The molecule has 2 rings (SSSR count). The molecule has 0 radical (unpaired) electrons. The Balaban J connectivity index is 1.93. The highest BCUT2D eigenvalue weighted by Gasteiger charge is 2.26. The molecule has 1 atom stereocenters. The fourth-order valence-electron chi connectivity index (χ4n) is 2.74. The molecule has 1 N–H and O–H groups in total. The quantitative estimate of drug-likeness (QED) is 0.745. The summed E-state index contributed by atoms with van der Waals surface area (Å²) in [5, 5.41) is 3.28. The number of hydrogen-bond acceptors (Lipinski definition) is 3. The van der Waals surface area contributed by atoms with Gasteiger partial charge in [-0.3, -0.25) is 4.79 Å². The van der Waals surface area contributed by atoms with Crippen LogP contribution < -0.4 is 5.32 Å². The third kappa shape index (κ3) is 5.14. The highest BCUT2D eigenvalue weighted by atomic mass is 16.5. The summed E-state index contributed by atoms with van der Waals surface area (Å²) in [6.07, 6.45) is 2.95. The van der Waals surface area contributed by atoms with Gasteiger partial charge in [0, 0.05) is 33.4 Å². The van der Waals surface area contributed by atoms with Gasteiger partial charge in [-0.05, 0) is 31.4 Å². The molecular formula is C17H26N2O2.